The molecule has 3 aliphatic carbocycles. The maximum absolute atomic E-state index is 7.19. The average Bonchev–Trinajstić information content (AvgIpc) is 1.57. The smallest absolute Gasteiger partial charge is 0.143 e. The molecule has 5 aromatic heterocycles. The van der Waals surface area contributed by atoms with Gasteiger partial charge < -0.3 is 36.6 Å². The number of hydrogen-bond acceptors (Lipinski definition) is 8. The maximum Gasteiger partial charge on any atom is 0.143 e. The van der Waals surface area contributed by atoms with Crippen molar-refractivity contribution in [1.29, 1.82) is 0 Å². The minimum absolute atomic E-state index is 0.0219. The Balaban J connectivity index is 0.000000136. The number of ether oxygens (including phenoxy) is 1. The lowest BCUT2D eigenvalue weighted by Crippen LogP contribution is -2.16. The lowest BCUT2D eigenvalue weighted by Gasteiger charge is -2.28. The van der Waals surface area contributed by atoms with E-state index in [1.165, 1.54) is 72.3 Å². The summed E-state index contributed by atoms with van der Waals surface area (Å²) in [6.07, 6.45) is 8.60. The molecule has 2 atom stereocenters. The van der Waals surface area contributed by atoms with Crippen LogP contribution >= 0.6 is 0 Å². The number of para-hydroxylation sites is 5. The van der Waals surface area contributed by atoms with Gasteiger partial charge in [-0.1, -0.05) is 295 Å². The number of hydrogen-bond donors (Lipinski definition) is 0. The first-order valence-electron chi connectivity index (χ1n) is 46.2. The predicted octanol–water partition coefficient (Wildman–Crippen LogP) is 35.4. The molecule has 6 heterocycles. The van der Waals surface area contributed by atoms with Crippen LogP contribution in [0.25, 0.3) is 199 Å². The van der Waals surface area contributed by atoms with Gasteiger partial charge in [-0.15, -0.1) is 0 Å². The van der Waals surface area contributed by atoms with E-state index in [-0.39, 0.29) is 22.9 Å². The van der Waals surface area contributed by atoms with Gasteiger partial charge in [0.25, 0.3) is 0 Å². The van der Waals surface area contributed by atoms with Gasteiger partial charge in [0.15, 0.2) is 0 Å². The van der Waals surface area contributed by atoms with Gasteiger partial charge in [0.1, 0.15) is 67.7 Å². The molecule has 8 heteroatoms. The van der Waals surface area contributed by atoms with E-state index >= 15 is 0 Å². The van der Waals surface area contributed by atoms with Gasteiger partial charge >= 0.3 is 0 Å². The zero-order valence-electron chi connectivity index (χ0n) is 73.9. The summed E-state index contributed by atoms with van der Waals surface area (Å²) in [6.45, 7) is 9.37. The minimum atomic E-state index is -0.153. The summed E-state index contributed by atoms with van der Waals surface area (Å²) in [5.74, 6) is 1.12. The highest BCUT2D eigenvalue weighted by molar-refractivity contribution is 6.18. The van der Waals surface area contributed by atoms with E-state index in [2.05, 4.69) is 426 Å². The van der Waals surface area contributed by atoms with Crippen LogP contribution in [0.1, 0.15) is 61.4 Å². The topological polar surface area (TPSA) is 81.4 Å². The monoisotopic (exact) mass is 1720 g/mol. The summed E-state index contributed by atoms with van der Waals surface area (Å²) < 4.78 is 40.4. The van der Waals surface area contributed by atoms with Crippen LogP contribution in [-0.2, 0) is 10.8 Å². The maximum atomic E-state index is 7.19. The fraction of sp³-hybridized carbons (Fsp3) is 0.0635. The van der Waals surface area contributed by atoms with E-state index in [9.17, 15) is 0 Å². The number of furan rings is 5. The number of anilines is 6. The summed E-state index contributed by atoms with van der Waals surface area (Å²) >= 11 is 0. The highest BCUT2D eigenvalue weighted by Crippen LogP contribution is 2.57. The predicted molar refractivity (Wildman–Crippen MR) is 552 cm³/mol. The van der Waals surface area contributed by atoms with Crippen LogP contribution in [0.3, 0.4) is 0 Å². The molecule has 24 aromatic rings. The van der Waals surface area contributed by atoms with E-state index in [1.54, 1.807) is 0 Å². The van der Waals surface area contributed by atoms with Crippen molar-refractivity contribution < 1.29 is 26.8 Å². The van der Waals surface area contributed by atoms with Gasteiger partial charge in [-0.2, -0.15) is 0 Å². The van der Waals surface area contributed by atoms with Gasteiger partial charge in [0, 0.05) is 145 Å². The molecule has 0 fully saturated rings. The standard InChI is InChI=1S/C63H43NO3.C63H41NO3/c1-63(2)55-23-9-6-16-45(55)46-32-30-42(36-56(46)63)64(41-28-26-39(27-29-41)38-14-4-3-5-15-38)43-31-33-49-53-34-40(44-19-12-20-50-47-17-7-10-24-57(47)65-60(44)50)35-54(62(53)67-59(49)37-43)52-22-13-21-51-48-18-8-11-25-58(48)66-61(51)52;1-63(2)55-17-9-6-14-46(55)47-28-26-44(36-56(47)63)64(43-24-20-39(21-25-43)38-12-4-3-5-13-38)45-27-29-50-54-35-42(40-22-30-59-52(32-40)48-15-7-10-18-57(48)65-59)34-51(62(54)67-61(50)37-45)41-23-31-60-53(33-41)49-16-8-11-19-58(49)66-60/h3-37,47,57H,1-2H3;3-37H,1-2H3. The molecule has 19 aromatic carbocycles. The van der Waals surface area contributed by atoms with Gasteiger partial charge in [-0.3, -0.25) is 0 Å². The number of nitrogens with zero attached hydrogens (tertiary/aromatic N) is 2. The Morgan fingerprint density at radius 2 is 0.590 bits per heavy atom. The lowest BCUT2D eigenvalue weighted by molar-refractivity contribution is 0.270. The van der Waals surface area contributed by atoms with Gasteiger partial charge in [0.2, 0.25) is 0 Å². The van der Waals surface area contributed by atoms with E-state index in [0.29, 0.717) is 0 Å². The molecule has 0 saturated heterocycles. The summed E-state index contributed by atoms with van der Waals surface area (Å²) in [7, 11) is 0. The molecule has 8 nitrogen and oxygen atoms in total. The second kappa shape index (κ2) is 29.8. The van der Waals surface area contributed by atoms with Crippen LogP contribution < -0.4 is 14.5 Å². The highest BCUT2D eigenvalue weighted by atomic mass is 16.5. The Kier molecular flexibility index (Phi) is 17.1. The van der Waals surface area contributed by atoms with E-state index in [0.717, 1.165) is 194 Å². The largest absolute Gasteiger partial charge is 0.484 e. The number of rotatable bonds is 12. The lowest BCUT2D eigenvalue weighted by atomic mass is 9.82. The molecule has 134 heavy (non-hydrogen) atoms. The molecule has 28 rings (SSSR count). The number of fused-ring (bicyclic) bond motifs is 24. The molecular formula is C126H84N2O6. The molecule has 634 valence electrons. The molecule has 4 aliphatic rings. The first-order chi connectivity index (χ1) is 65.9. The van der Waals surface area contributed by atoms with E-state index in [4.69, 9.17) is 26.8 Å². The number of benzene rings is 19. The third-order valence-electron chi connectivity index (χ3n) is 28.9. The molecule has 0 saturated carbocycles. The molecular weight excluding hydrogens is 1640 g/mol. The summed E-state index contributed by atoms with van der Waals surface area (Å²) in [5, 5.41) is 10.7. The third kappa shape index (κ3) is 12.1. The molecule has 0 amide bonds. The average molecular weight is 1720 g/mol. The zero-order chi connectivity index (χ0) is 88.8. The number of allylic oxidation sites excluding steroid dienone is 2. The Morgan fingerprint density at radius 3 is 1.17 bits per heavy atom. The SMILES string of the molecule is CC1(C)c2ccccc2-c2ccc(N(c3ccc(-c4ccccc4)cc3)c3ccc4c(c3)oc3c(-c5ccc6oc7ccccc7c6c5)cc(-c5ccc6oc7ccccc7c6c5)cc34)cc21.CC1(C)c2ccccc2-c2ccc(N(c3ccc(-c4ccccc4)cc3)c3ccc4c(c3)oc3c(-c5cccc6c5oc5ccccc56)cc(-c5cccc6c5OC5C=CC=CC65)cc34)cc21. The summed E-state index contributed by atoms with van der Waals surface area (Å²) in [5.41, 5.74) is 39.3. The Bertz CT molecular complexity index is 9060. The van der Waals surface area contributed by atoms with E-state index in [1.807, 2.05) is 36.4 Å². The summed E-state index contributed by atoms with van der Waals surface area (Å²) in [6, 6.07) is 144. The van der Waals surface area contributed by atoms with Crippen LogP contribution in [0.5, 0.6) is 5.75 Å². The minimum Gasteiger partial charge on any atom is -0.484 e. The van der Waals surface area contributed by atoms with Crippen molar-refractivity contribution in [1.82, 2.24) is 0 Å². The Morgan fingerprint density at radius 1 is 0.209 bits per heavy atom. The van der Waals surface area contributed by atoms with Crippen LogP contribution in [0.2, 0.25) is 0 Å². The van der Waals surface area contributed by atoms with Crippen molar-refractivity contribution in [3.8, 4) is 94.8 Å². The van der Waals surface area contributed by atoms with Gasteiger partial charge in [-0.05, 0) is 235 Å². The second-order valence-corrected chi connectivity index (χ2v) is 37.2. The molecule has 0 N–H and O–H groups in total. The second-order valence-electron chi connectivity index (χ2n) is 37.2. The van der Waals surface area contributed by atoms with Crippen LogP contribution in [0.4, 0.5) is 34.1 Å². The van der Waals surface area contributed by atoms with Crippen molar-refractivity contribution in [3.05, 3.63) is 453 Å². The normalized spacial score (nSPS) is 14.7. The van der Waals surface area contributed by atoms with Crippen LogP contribution in [0, 0.1) is 0 Å². The molecule has 0 bridgehead atoms. The fourth-order valence-electron chi connectivity index (χ4n) is 22.2. The molecule has 1 aliphatic heterocycles. The van der Waals surface area contributed by atoms with E-state index < -0.39 is 0 Å². The highest BCUT2D eigenvalue weighted by Gasteiger charge is 2.39. The van der Waals surface area contributed by atoms with Crippen LogP contribution in [0.15, 0.2) is 447 Å². The first-order valence-corrected chi connectivity index (χ1v) is 46.2. The van der Waals surface area contributed by atoms with Crippen molar-refractivity contribution in [3.63, 3.8) is 0 Å². The molecule has 2 unspecified atom stereocenters. The van der Waals surface area contributed by atoms with Gasteiger partial charge in [-0.25, -0.2) is 0 Å². The first kappa shape index (κ1) is 77.0. The fourth-order valence-corrected chi connectivity index (χ4v) is 22.2. The quantitative estimate of drug-likeness (QED) is 0.120. The summed E-state index contributed by atoms with van der Waals surface area (Å²) in [4.78, 5) is 4.74. The van der Waals surface area contributed by atoms with Crippen molar-refractivity contribution in [2.24, 2.45) is 0 Å². The van der Waals surface area contributed by atoms with Gasteiger partial charge in [0.05, 0.1) is 0 Å². The van der Waals surface area contributed by atoms with Crippen molar-refractivity contribution in [2.75, 3.05) is 9.80 Å². The Hall–Kier alpha value is -16.9. The molecule has 0 radical (unpaired) electrons. The van der Waals surface area contributed by atoms with Crippen LogP contribution in [-0.4, -0.2) is 6.10 Å². The Labute approximate surface area is 773 Å². The van der Waals surface area contributed by atoms with Crippen molar-refractivity contribution in [2.45, 2.75) is 50.5 Å². The van der Waals surface area contributed by atoms with Crippen molar-refractivity contribution >= 4 is 144 Å². The third-order valence-corrected chi connectivity index (χ3v) is 28.9. The zero-order valence-corrected chi connectivity index (χ0v) is 73.9. The molecule has 0 spiro atoms.